The summed E-state index contributed by atoms with van der Waals surface area (Å²) in [4.78, 5) is 11.9. The zero-order valence-electron chi connectivity index (χ0n) is 13.5. The first kappa shape index (κ1) is 16.1. The molecule has 0 atom stereocenters. The SMILES string of the molecule is COc1ccc(CNC(=O)CNCc2ccc3c(c2)OCO3)cc1. The van der Waals surface area contributed by atoms with Crippen LogP contribution >= 0.6 is 0 Å². The van der Waals surface area contributed by atoms with E-state index in [4.69, 9.17) is 14.2 Å². The number of methoxy groups -OCH3 is 1. The summed E-state index contributed by atoms with van der Waals surface area (Å²) in [7, 11) is 1.63. The molecule has 0 fully saturated rings. The number of carbonyl (C=O) groups excluding carboxylic acids is 1. The van der Waals surface area contributed by atoms with Crippen LogP contribution < -0.4 is 24.8 Å². The average Bonchev–Trinajstić information content (AvgIpc) is 3.08. The standard InChI is InChI=1S/C18H20N2O4/c1-22-15-5-2-13(3-6-15)10-20-18(21)11-19-9-14-4-7-16-17(8-14)24-12-23-16/h2-8,19H,9-12H2,1H3,(H,20,21). The van der Waals surface area contributed by atoms with Crippen molar-refractivity contribution in [3.63, 3.8) is 0 Å². The number of ether oxygens (including phenoxy) is 3. The first-order chi connectivity index (χ1) is 11.7. The second kappa shape index (κ2) is 7.70. The Kier molecular flexibility index (Phi) is 5.18. The number of fused-ring (bicyclic) bond motifs is 1. The molecule has 3 rings (SSSR count). The highest BCUT2D eigenvalue weighted by Gasteiger charge is 2.13. The minimum atomic E-state index is -0.0495. The lowest BCUT2D eigenvalue weighted by molar-refractivity contribution is -0.120. The highest BCUT2D eigenvalue weighted by atomic mass is 16.7. The molecule has 0 aromatic heterocycles. The van der Waals surface area contributed by atoms with E-state index in [2.05, 4.69) is 10.6 Å². The van der Waals surface area contributed by atoms with Gasteiger partial charge in [0.15, 0.2) is 11.5 Å². The van der Waals surface area contributed by atoms with Crippen LogP contribution in [0.15, 0.2) is 42.5 Å². The van der Waals surface area contributed by atoms with Gasteiger partial charge in [0.05, 0.1) is 13.7 Å². The van der Waals surface area contributed by atoms with Gasteiger partial charge in [0, 0.05) is 13.1 Å². The molecule has 24 heavy (non-hydrogen) atoms. The molecule has 126 valence electrons. The monoisotopic (exact) mass is 328 g/mol. The lowest BCUT2D eigenvalue weighted by atomic mass is 10.2. The summed E-state index contributed by atoms with van der Waals surface area (Å²) in [6, 6.07) is 13.4. The Balaban J connectivity index is 1.39. The topological polar surface area (TPSA) is 68.8 Å². The maximum Gasteiger partial charge on any atom is 0.234 e. The number of carbonyl (C=O) groups is 1. The molecular weight excluding hydrogens is 308 g/mol. The van der Waals surface area contributed by atoms with E-state index in [9.17, 15) is 4.79 Å². The molecule has 0 aliphatic carbocycles. The zero-order chi connectivity index (χ0) is 16.8. The Hall–Kier alpha value is -2.73. The van der Waals surface area contributed by atoms with Crippen molar-refractivity contribution in [2.75, 3.05) is 20.4 Å². The van der Waals surface area contributed by atoms with Gasteiger partial charge in [-0.1, -0.05) is 18.2 Å². The van der Waals surface area contributed by atoms with Gasteiger partial charge in [-0.2, -0.15) is 0 Å². The van der Waals surface area contributed by atoms with Gasteiger partial charge in [-0.3, -0.25) is 4.79 Å². The van der Waals surface area contributed by atoms with E-state index in [0.717, 1.165) is 28.4 Å². The van der Waals surface area contributed by atoms with Crippen LogP contribution in [0.5, 0.6) is 17.2 Å². The molecule has 0 unspecified atom stereocenters. The first-order valence-corrected chi connectivity index (χ1v) is 7.73. The molecule has 0 radical (unpaired) electrons. The van der Waals surface area contributed by atoms with Crippen molar-refractivity contribution >= 4 is 5.91 Å². The average molecular weight is 328 g/mol. The van der Waals surface area contributed by atoms with Crippen molar-refractivity contribution in [2.45, 2.75) is 13.1 Å². The summed E-state index contributed by atoms with van der Waals surface area (Å²) in [5.41, 5.74) is 2.07. The van der Waals surface area contributed by atoms with Crippen molar-refractivity contribution in [1.82, 2.24) is 10.6 Å². The number of amides is 1. The molecule has 0 bridgehead atoms. The third kappa shape index (κ3) is 4.17. The lowest BCUT2D eigenvalue weighted by Gasteiger charge is -2.08. The van der Waals surface area contributed by atoms with Crippen LogP contribution in [0.4, 0.5) is 0 Å². The van der Waals surface area contributed by atoms with E-state index < -0.39 is 0 Å². The van der Waals surface area contributed by atoms with E-state index >= 15 is 0 Å². The van der Waals surface area contributed by atoms with Crippen LogP contribution in [0.2, 0.25) is 0 Å². The van der Waals surface area contributed by atoms with Gasteiger partial charge >= 0.3 is 0 Å². The second-order valence-electron chi connectivity index (χ2n) is 5.42. The maximum atomic E-state index is 11.9. The predicted octanol–water partition coefficient (Wildman–Crippen LogP) is 1.83. The van der Waals surface area contributed by atoms with Crippen molar-refractivity contribution < 1.29 is 19.0 Å². The second-order valence-corrected chi connectivity index (χ2v) is 5.42. The molecule has 1 heterocycles. The van der Waals surface area contributed by atoms with Crippen LogP contribution in [0, 0.1) is 0 Å². The minimum absolute atomic E-state index is 0.0495. The molecule has 6 nitrogen and oxygen atoms in total. The van der Waals surface area contributed by atoms with Crippen molar-refractivity contribution in [2.24, 2.45) is 0 Å². The number of nitrogens with one attached hydrogen (secondary N) is 2. The van der Waals surface area contributed by atoms with Gasteiger partial charge in [-0.05, 0) is 35.4 Å². The van der Waals surface area contributed by atoms with Gasteiger partial charge in [0.1, 0.15) is 5.75 Å². The van der Waals surface area contributed by atoms with E-state index in [1.807, 2.05) is 42.5 Å². The summed E-state index contributed by atoms with van der Waals surface area (Å²) >= 11 is 0. The van der Waals surface area contributed by atoms with Gasteiger partial charge in [0.25, 0.3) is 0 Å². The van der Waals surface area contributed by atoms with Crippen LogP contribution in [0.25, 0.3) is 0 Å². The summed E-state index contributed by atoms with van der Waals surface area (Å²) in [6.07, 6.45) is 0. The number of benzene rings is 2. The molecule has 2 aromatic carbocycles. The molecule has 0 saturated carbocycles. The smallest absolute Gasteiger partial charge is 0.234 e. The van der Waals surface area contributed by atoms with E-state index in [1.165, 1.54) is 0 Å². The van der Waals surface area contributed by atoms with Crippen molar-refractivity contribution in [3.8, 4) is 17.2 Å². The predicted molar refractivity (Wildman–Crippen MR) is 89.1 cm³/mol. The number of hydrogen-bond acceptors (Lipinski definition) is 5. The molecule has 6 heteroatoms. The number of rotatable bonds is 7. The fraction of sp³-hybridized carbons (Fsp3) is 0.278. The molecule has 0 spiro atoms. The molecular formula is C18H20N2O4. The maximum absolute atomic E-state index is 11.9. The van der Waals surface area contributed by atoms with Gasteiger partial charge < -0.3 is 24.8 Å². The Morgan fingerprint density at radius 3 is 2.58 bits per heavy atom. The molecule has 1 aliphatic heterocycles. The summed E-state index contributed by atoms with van der Waals surface area (Å²) in [5, 5.41) is 6.00. The third-order valence-corrected chi connectivity index (χ3v) is 3.70. The van der Waals surface area contributed by atoms with Crippen LogP contribution in [0.3, 0.4) is 0 Å². The molecule has 2 N–H and O–H groups in total. The Morgan fingerprint density at radius 1 is 1.04 bits per heavy atom. The van der Waals surface area contributed by atoms with Gasteiger partial charge in [-0.15, -0.1) is 0 Å². The first-order valence-electron chi connectivity index (χ1n) is 7.73. The Labute approximate surface area is 140 Å². The van der Waals surface area contributed by atoms with E-state index in [-0.39, 0.29) is 19.2 Å². The molecule has 1 aliphatic rings. The summed E-state index contributed by atoms with van der Waals surface area (Å²) in [6.45, 7) is 1.60. The molecule has 2 aromatic rings. The van der Waals surface area contributed by atoms with Crippen LogP contribution in [-0.4, -0.2) is 26.4 Å². The third-order valence-electron chi connectivity index (χ3n) is 3.70. The molecule has 1 amide bonds. The highest BCUT2D eigenvalue weighted by Crippen LogP contribution is 2.32. The number of hydrogen-bond donors (Lipinski definition) is 2. The molecule has 0 saturated heterocycles. The quantitative estimate of drug-likeness (QED) is 0.811. The lowest BCUT2D eigenvalue weighted by Crippen LogP contribution is -2.33. The van der Waals surface area contributed by atoms with E-state index in [0.29, 0.717) is 13.1 Å². The largest absolute Gasteiger partial charge is 0.497 e. The van der Waals surface area contributed by atoms with E-state index in [1.54, 1.807) is 7.11 Å². The normalized spacial score (nSPS) is 12.0. The summed E-state index contributed by atoms with van der Waals surface area (Å²) in [5.74, 6) is 2.26. The van der Waals surface area contributed by atoms with Crippen molar-refractivity contribution in [1.29, 1.82) is 0 Å². The van der Waals surface area contributed by atoms with Crippen molar-refractivity contribution in [3.05, 3.63) is 53.6 Å². The van der Waals surface area contributed by atoms with Gasteiger partial charge in [0.2, 0.25) is 12.7 Å². The minimum Gasteiger partial charge on any atom is -0.497 e. The summed E-state index contributed by atoms with van der Waals surface area (Å²) < 4.78 is 15.7. The Morgan fingerprint density at radius 2 is 1.79 bits per heavy atom. The highest BCUT2D eigenvalue weighted by molar-refractivity contribution is 5.77. The zero-order valence-corrected chi connectivity index (χ0v) is 13.5. The van der Waals surface area contributed by atoms with Crippen LogP contribution in [-0.2, 0) is 17.9 Å². The fourth-order valence-corrected chi connectivity index (χ4v) is 2.38. The Bertz CT molecular complexity index is 701. The fourth-order valence-electron chi connectivity index (χ4n) is 2.38. The van der Waals surface area contributed by atoms with Crippen LogP contribution in [0.1, 0.15) is 11.1 Å². The van der Waals surface area contributed by atoms with Gasteiger partial charge in [-0.25, -0.2) is 0 Å².